The minimum absolute atomic E-state index is 0.200. The van der Waals surface area contributed by atoms with Gasteiger partial charge in [0.1, 0.15) is 0 Å². The fraction of sp³-hybridized carbons (Fsp3) is 0.121. The van der Waals surface area contributed by atoms with Crippen molar-refractivity contribution >= 4 is 29.1 Å². The molecule has 0 spiro atoms. The lowest BCUT2D eigenvalue weighted by Gasteiger charge is -2.35. The van der Waals surface area contributed by atoms with Crippen LogP contribution in [0.1, 0.15) is 38.8 Å². The average molecular weight is 526 g/mol. The fourth-order valence-corrected chi connectivity index (χ4v) is 5.70. The molecule has 0 fully saturated rings. The Labute approximate surface area is 232 Å². The van der Waals surface area contributed by atoms with Gasteiger partial charge in [0.25, 0.3) is 0 Å². The van der Waals surface area contributed by atoms with E-state index >= 15 is 0 Å². The molecule has 1 unspecified atom stereocenters. The summed E-state index contributed by atoms with van der Waals surface area (Å²) in [4.78, 5) is 22.1. The maximum atomic E-state index is 12.2. The predicted molar refractivity (Wildman–Crippen MR) is 157 cm³/mol. The molecular weight excluding hydrogens is 498 g/mol. The first-order valence-corrected chi connectivity index (χ1v) is 13.3. The molecule has 0 radical (unpaired) electrons. The molecule has 0 N–H and O–H groups in total. The van der Waals surface area contributed by atoms with E-state index in [0.717, 1.165) is 45.7 Å². The molecule has 1 aromatic heterocycles. The maximum absolute atomic E-state index is 12.2. The quantitative estimate of drug-likeness (QED) is 0.243. The van der Waals surface area contributed by atoms with Crippen LogP contribution in [0.4, 0.5) is 17.2 Å². The van der Waals surface area contributed by atoms with Crippen LogP contribution in [0.15, 0.2) is 114 Å². The summed E-state index contributed by atoms with van der Waals surface area (Å²) >= 11 is 0. The summed E-state index contributed by atoms with van der Waals surface area (Å²) in [6, 6.07) is 36.5. The van der Waals surface area contributed by atoms with Crippen LogP contribution in [0.5, 0.6) is 0 Å². The molecule has 4 aromatic carbocycles. The van der Waals surface area contributed by atoms with Crippen molar-refractivity contribution in [1.29, 1.82) is 0 Å². The third-order valence-electron chi connectivity index (χ3n) is 7.54. The summed E-state index contributed by atoms with van der Waals surface area (Å²) in [7, 11) is 1.40. The van der Waals surface area contributed by atoms with Gasteiger partial charge in [-0.25, -0.2) is 9.48 Å². The zero-order valence-electron chi connectivity index (χ0n) is 22.2. The Bertz CT molecular complexity index is 1740. The Morgan fingerprint density at radius 3 is 2.17 bits per heavy atom. The number of hydrogen-bond donors (Lipinski definition) is 0. The van der Waals surface area contributed by atoms with Gasteiger partial charge >= 0.3 is 5.97 Å². The SMILES string of the molecule is COC(=O)c1ccc(C2c3c(C)nn(-c4ccccc4)c3N=C3N(Cc4ccccc4)c4ccccc4N32)cc1. The molecule has 40 heavy (non-hydrogen) atoms. The Morgan fingerprint density at radius 1 is 0.825 bits per heavy atom. The number of ether oxygens (including phenoxy) is 1. The van der Waals surface area contributed by atoms with Crippen LogP contribution in [0.2, 0.25) is 0 Å². The molecule has 0 amide bonds. The molecule has 0 saturated heterocycles. The first kappa shape index (κ1) is 23.9. The molecule has 2 aliphatic rings. The number of esters is 1. The van der Waals surface area contributed by atoms with E-state index in [1.54, 1.807) is 0 Å². The second-order valence-corrected chi connectivity index (χ2v) is 9.93. The topological polar surface area (TPSA) is 63.0 Å². The number of aliphatic imine (C=N–C) groups is 1. The number of carbonyl (C=O) groups is 1. The zero-order valence-corrected chi connectivity index (χ0v) is 22.2. The van der Waals surface area contributed by atoms with Crippen molar-refractivity contribution in [3.8, 4) is 5.69 Å². The molecule has 3 heterocycles. The molecule has 0 aliphatic carbocycles. The molecule has 5 aromatic rings. The van der Waals surface area contributed by atoms with Crippen LogP contribution in [-0.4, -0.2) is 28.8 Å². The third-order valence-corrected chi connectivity index (χ3v) is 7.54. The summed E-state index contributed by atoms with van der Waals surface area (Å²) in [5.74, 6) is 1.30. The van der Waals surface area contributed by atoms with E-state index in [1.165, 1.54) is 12.7 Å². The Morgan fingerprint density at radius 2 is 1.48 bits per heavy atom. The van der Waals surface area contributed by atoms with Gasteiger partial charge in [0.15, 0.2) is 5.82 Å². The summed E-state index contributed by atoms with van der Waals surface area (Å²) in [5.41, 5.74) is 7.82. The van der Waals surface area contributed by atoms with Crippen molar-refractivity contribution in [2.24, 2.45) is 4.99 Å². The van der Waals surface area contributed by atoms with Crippen molar-refractivity contribution in [3.05, 3.63) is 137 Å². The standard InChI is InChI=1S/C33H27N5O2/c1-22-29-30(24-17-19-25(20-18-24)32(39)40-2)37-28-16-10-9-15-27(28)36(21-23-11-5-3-6-12-23)33(37)34-31(29)38(35-22)26-13-7-4-8-14-26/h3-20,30H,21H2,1-2H3. The summed E-state index contributed by atoms with van der Waals surface area (Å²) < 4.78 is 6.89. The van der Waals surface area contributed by atoms with Gasteiger partial charge in [-0.05, 0) is 54.4 Å². The van der Waals surface area contributed by atoms with Gasteiger partial charge < -0.3 is 9.64 Å². The Hall–Kier alpha value is -5.17. The number of benzene rings is 4. The molecule has 7 heteroatoms. The number of anilines is 2. The number of fused-ring (bicyclic) bond motifs is 4. The first-order valence-electron chi connectivity index (χ1n) is 13.3. The highest BCUT2D eigenvalue weighted by molar-refractivity contribution is 6.18. The van der Waals surface area contributed by atoms with Gasteiger partial charge in [-0.1, -0.05) is 72.8 Å². The van der Waals surface area contributed by atoms with E-state index in [9.17, 15) is 4.79 Å². The van der Waals surface area contributed by atoms with Crippen LogP contribution in [0, 0.1) is 6.92 Å². The minimum atomic E-state index is -0.355. The Kier molecular flexibility index (Phi) is 5.70. The second kappa shape index (κ2) is 9.54. The van der Waals surface area contributed by atoms with Gasteiger partial charge in [0, 0.05) is 5.56 Å². The monoisotopic (exact) mass is 525 g/mol. The lowest BCUT2D eigenvalue weighted by Crippen LogP contribution is -2.42. The summed E-state index contributed by atoms with van der Waals surface area (Å²) in [6.07, 6.45) is 0. The van der Waals surface area contributed by atoms with Crippen molar-refractivity contribution < 1.29 is 9.53 Å². The van der Waals surface area contributed by atoms with E-state index in [2.05, 4.69) is 58.3 Å². The van der Waals surface area contributed by atoms with E-state index in [-0.39, 0.29) is 12.0 Å². The lowest BCUT2D eigenvalue weighted by atomic mass is 9.94. The number of methoxy groups -OCH3 is 1. The third kappa shape index (κ3) is 3.78. The number of guanidine groups is 1. The number of aromatic nitrogens is 2. The first-order chi connectivity index (χ1) is 19.6. The number of carbonyl (C=O) groups excluding carboxylic acids is 1. The van der Waals surface area contributed by atoms with Crippen molar-refractivity contribution in [3.63, 3.8) is 0 Å². The number of rotatable bonds is 5. The van der Waals surface area contributed by atoms with Crippen molar-refractivity contribution in [1.82, 2.24) is 9.78 Å². The van der Waals surface area contributed by atoms with Crippen molar-refractivity contribution in [2.75, 3.05) is 16.9 Å². The summed E-state index contributed by atoms with van der Waals surface area (Å²) in [6.45, 7) is 2.72. The molecule has 1 atom stereocenters. The number of hydrogen-bond acceptors (Lipinski definition) is 6. The van der Waals surface area contributed by atoms with Gasteiger partial charge in [-0.15, -0.1) is 0 Å². The van der Waals surface area contributed by atoms with Crippen molar-refractivity contribution in [2.45, 2.75) is 19.5 Å². The van der Waals surface area contributed by atoms with Crippen LogP contribution >= 0.6 is 0 Å². The van der Waals surface area contributed by atoms with E-state index in [0.29, 0.717) is 12.1 Å². The van der Waals surface area contributed by atoms with E-state index < -0.39 is 0 Å². The number of nitrogens with zero attached hydrogens (tertiary/aromatic N) is 5. The molecular formula is C33H27N5O2. The smallest absolute Gasteiger partial charge is 0.337 e. The molecule has 196 valence electrons. The minimum Gasteiger partial charge on any atom is -0.465 e. The zero-order chi connectivity index (χ0) is 27.2. The maximum Gasteiger partial charge on any atom is 0.337 e. The highest BCUT2D eigenvalue weighted by Crippen LogP contribution is 2.50. The largest absolute Gasteiger partial charge is 0.465 e. The van der Waals surface area contributed by atoms with Gasteiger partial charge in [-0.2, -0.15) is 10.1 Å². The molecule has 0 saturated carbocycles. The number of para-hydroxylation sites is 3. The highest BCUT2D eigenvalue weighted by atomic mass is 16.5. The average Bonchev–Trinajstić information content (AvgIpc) is 3.51. The van der Waals surface area contributed by atoms with E-state index in [4.69, 9.17) is 14.8 Å². The molecule has 7 rings (SSSR count). The normalized spacial score (nSPS) is 15.2. The molecule has 2 aliphatic heterocycles. The predicted octanol–water partition coefficient (Wildman–Crippen LogP) is 6.58. The number of aryl methyl sites for hydroxylation is 1. The fourth-order valence-electron chi connectivity index (χ4n) is 5.70. The molecule has 7 nitrogen and oxygen atoms in total. The van der Waals surface area contributed by atoms with Gasteiger partial charge in [0.2, 0.25) is 5.96 Å². The Balaban J connectivity index is 1.46. The van der Waals surface area contributed by atoms with E-state index in [1.807, 2.05) is 72.3 Å². The van der Waals surface area contributed by atoms with Gasteiger partial charge in [0.05, 0.1) is 48.0 Å². The van der Waals surface area contributed by atoms with Crippen LogP contribution < -0.4 is 9.80 Å². The summed E-state index contributed by atoms with van der Waals surface area (Å²) in [5, 5.41) is 4.98. The van der Waals surface area contributed by atoms with Gasteiger partial charge in [-0.3, -0.25) is 4.90 Å². The van der Waals surface area contributed by atoms with Crippen LogP contribution in [0.3, 0.4) is 0 Å². The lowest BCUT2D eigenvalue weighted by molar-refractivity contribution is 0.0600. The van der Waals surface area contributed by atoms with Crippen LogP contribution in [0.25, 0.3) is 5.69 Å². The second-order valence-electron chi connectivity index (χ2n) is 9.93. The van der Waals surface area contributed by atoms with Crippen LogP contribution in [-0.2, 0) is 11.3 Å². The highest BCUT2D eigenvalue weighted by Gasteiger charge is 2.44. The molecule has 0 bridgehead atoms.